The Hall–Kier alpha value is -1.59. The molecule has 1 amide bonds. The van der Waals surface area contributed by atoms with Crippen LogP contribution in [-0.4, -0.2) is 38.1 Å². The zero-order valence-electron chi connectivity index (χ0n) is 12.3. The first-order chi connectivity index (χ1) is 10.2. The summed E-state index contributed by atoms with van der Waals surface area (Å²) in [5.41, 5.74) is 0.657. The van der Waals surface area contributed by atoms with E-state index in [0.717, 1.165) is 31.4 Å². The van der Waals surface area contributed by atoms with Gasteiger partial charge in [-0.3, -0.25) is 4.79 Å². The Morgan fingerprint density at radius 1 is 1.19 bits per heavy atom. The lowest BCUT2D eigenvalue weighted by molar-refractivity contribution is -0.179. The molecule has 0 radical (unpaired) electrons. The molecule has 1 spiro atoms. The Labute approximate surface area is 124 Å². The van der Waals surface area contributed by atoms with Crippen molar-refractivity contribution in [1.82, 2.24) is 5.32 Å². The van der Waals surface area contributed by atoms with E-state index in [9.17, 15) is 4.79 Å². The molecule has 0 bridgehead atoms. The molecule has 0 unspecified atom stereocenters. The monoisotopic (exact) mass is 291 g/mol. The van der Waals surface area contributed by atoms with Crippen LogP contribution in [0.15, 0.2) is 24.3 Å². The van der Waals surface area contributed by atoms with Gasteiger partial charge in [0.2, 0.25) is 0 Å². The van der Waals surface area contributed by atoms with Crippen LogP contribution in [0, 0.1) is 0 Å². The van der Waals surface area contributed by atoms with Crippen molar-refractivity contribution in [3.8, 4) is 5.75 Å². The van der Waals surface area contributed by atoms with Gasteiger partial charge in [0.15, 0.2) is 5.79 Å². The maximum absolute atomic E-state index is 12.2. The van der Waals surface area contributed by atoms with Crippen LogP contribution in [0.5, 0.6) is 5.75 Å². The maximum Gasteiger partial charge on any atom is 0.251 e. The number of carbonyl (C=O) groups is 1. The summed E-state index contributed by atoms with van der Waals surface area (Å²) in [7, 11) is 1.61. The summed E-state index contributed by atoms with van der Waals surface area (Å²) in [4.78, 5) is 12.2. The van der Waals surface area contributed by atoms with E-state index in [4.69, 9.17) is 14.2 Å². The van der Waals surface area contributed by atoms with Gasteiger partial charge in [0.05, 0.1) is 20.3 Å². The number of carbonyl (C=O) groups excluding carboxylic acids is 1. The van der Waals surface area contributed by atoms with Gasteiger partial charge in [0.25, 0.3) is 5.91 Å². The SMILES string of the molecule is COc1ccc(C(=O)NC2CCC3(CC2)OCCO3)cc1. The van der Waals surface area contributed by atoms with Gasteiger partial charge >= 0.3 is 0 Å². The van der Waals surface area contributed by atoms with Gasteiger partial charge in [-0.15, -0.1) is 0 Å². The molecule has 0 atom stereocenters. The van der Waals surface area contributed by atoms with E-state index in [0.29, 0.717) is 18.8 Å². The average Bonchev–Trinajstić information content (AvgIpc) is 2.98. The van der Waals surface area contributed by atoms with Crippen LogP contribution < -0.4 is 10.1 Å². The van der Waals surface area contributed by atoms with E-state index >= 15 is 0 Å². The molecule has 5 nitrogen and oxygen atoms in total. The van der Waals surface area contributed by atoms with Crippen molar-refractivity contribution in [2.45, 2.75) is 37.5 Å². The van der Waals surface area contributed by atoms with E-state index in [1.54, 1.807) is 31.4 Å². The Kier molecular flexibility index (Phi) is 4.12. The number of ether oxygens (including phenoxy) is 3. The summed E-state index contributed by atoms with van der Waals surface area (Å²) in [5.74, 6) is 0.343. The predicted molar refractivity (Wildman–Crippen MR) is 77.4 cm³/mol. The summed E-state index contributed by atoms with van der Waals surface area (Å²) in [6.45, 7) is 1.37. The lowest BCUT2D eigenvalue weighted by atomic mass is 9.90. The Balaban J connectivity index is 1.53. The minimum absolute atomic E-state index is 0.0353. The fourth-order valence-corrected chi connectivity index (χ4v) is 3.00. The van der Waals surface area contributed by atoms with Crippen molar-refractivity contribution in [3.63, 3.8) is 0 Å². The van der Waals surface area contributed by atoms with E-state index in [-0.39, 0.29) is 17.7 Å². The van der Waals surface area contributed by atoms with Gasteiger partial charge < -0.3 is 19.5 Å². The molecular formula is C16H21NO4. The second-order valence-corrected chi connectivity index (χ2v) is 5.58. The van der Waals surface area contributed by atoms with Crippen LogP contribution in [0.4, 0.5) is 0 Å². The van der Waals surface area contributed by atoms with E-state index < -0.39 is 0 Å². The summed E-state index contributed by atoms with van der Waals surface area (Å²) in [5, 5.41) is 3.09. The van der Waals surface area contributed by atoms with Gasteiger partial charge in [0, 0.05) is 24.4 Å². The number of benzene rings is 1. The maximum atomic E-state index is 12.2. The molecule has 1 aliphatic heterocycles. The predicted octanol–water partition coefficient (Wildman–Crippen LogP) is 2.11. The lowest BCUT2D eigenvalue weighted by Gasteiger charge is -2.35. The van der Waals surface area contributed by atoms with Crippen molar-refractivity contribution in [3.05, 3.63) is 29.8 Å². The fourth-order valence-electron chi connectivity index (χ4n) is 3.00. The minimum atomic E-state index is -0.374. The van der Waals surface area contributed by atoms with Crippen molar-refractivity contribution < 1.29 is 19.0 Å². The highest BCUT2D eigenvalue weighted by Gasteiger charge is 2.40. The Morgan fingerprint density at radius 3 is 2.38 bits per heavy atom. The smallest absolute Gasteiger partial charge is 0.251 e. The molecule has 2 aliphatic rings. The Bertz CT molecular complexity index is 484. The summed E-state index contributed by atoms with van der Waals surface area (Å²) >= 11 is 0. The van der Waals surface area contributed by atoms with Gasteiger partial charge in [-0.05, 0) is 37.1 Å². The molecule has 2 fully saturated rings. The molecule has 21 heavy (non-hydrogen) atoms. The normalized spacial score (nSPS) is 21.4. The third kappa shape index (κ3) is 3.19. The minimum Gasteiger partial charge on any atom is -0.497 e. The highest BCUT2D eigenvalue weighted by molar-refractivity contribution is 5.94. The second-order valence-electron chi connectivity index (χ2n) is 5.58. The molecule has 5 heteroatoms. The number of hydrogen-bond acceptors (Lipinski definition) is 4. The first-order valence-corrected chi connectivity index (χ1v) is 7.44. The van der Waals surface area contributed by atoms with Crippen molar-refractivity contribution in [2.24, 2.45) is 0 Å². The number of rotatable bonds is 3. The van der Waals surface area contributed by atoms with Gasteiger partial charge in [-0.25, -0.2) is 0 Å². The molecule has 1 aromatic rings. The number of hydrogen-bond donors (Lipinski definition) is 1. The molecule has 3 rings (SSSR count). The lowest BCUT2D eigenvalue weighted by Crippen LogP contribution is -2.44. The number of methoxy groups -OCH3 is 1. The van der Waals surface area contributed by atoms with E-state index in [1.165, 1.54) is 0 Å². The van der Waals surface area contributed by atoms with Crippen molar-refractivity contribution >= 4 is 5.91 Å². The summed E-state index contributed by atoms with van der Waals surface area (Å²) in [6.07, 6.45) is 3.48. The third-order valence-corrected chi connectivity index (χ3v) is 4.25. The standard InChI is InChI=1S/C16H21NO4/c1-19-14-4-2-12(3-5-14)15(18)17-13-6-8-16(9-7-13)20-10-11-21-16/h2-5,13H,6-11H2,1H3,(H,17,18). The van der Waals surface area contributed by atoms with Crippen LogP contribution in [-0.2, 0) is 9.47 Å². The van der Waals surface area contributed by atoms with Crippen LogP contribution in [0.1, 0.15) is 36.0 Å². The molecule has 1 saturated carbocycles. The first-order valence-electron chi connectivity index (χ1n) is 7.44. The second kappa shape index (κ2) is 6.03. The molecule has 1 aliphatic carbocycles. The highest BCUT2D eigenvalue weighted by Crippen LogP contribution is 2.35. The van der Waals surface area contributed by atoms with Crippen LogP contribution >= 0.6 is 0 Å². The largest absolute Gasteiger partial charge is 0.497 e. The van der Waals surface area contributed by atoms with Gasteiger partial charge in [0.1, 0.15) is 5.75 Å². The zero-order valence-corrected chi connectivity index (χ0v) is 12.3. The topological polar surface area (TPSA) is 56.8 Å². The van der Waals surface area contributed by atoms with Crippen LogP contribution in [0.3, 0.4) is 0 Å². The molecule has 1 heterocycles. The third-order valence-electron chi connectivity index (χ3n) is 4.25. The fraction of sp³-hybridized carbons (Fsp3) is 0.562. The average molecular weight is 291 g/mol. The molecule has 1 saturated heterocycles. The number of nitrogens with one attached hydrogen (secondary N) is 1. The van der Waals surface area contributed by atoms with Crippen molar-refractivity contribution in [2.75, 3.05) is 20.3 Å². The van der Waals surface area contributed by atoms with E-state index in [1.807, 2.05) is 0 Å². The molecule has 1 aromatic carbocycles. The molecule has 114 valence electrons. The van der Waals surface area contributed by atoms with Crippen LogP contribution in [0.2, 0.25) is 0 Å². The van der Waals surface area contributed by atoms with Crippen molar-refractivity contribution in [1.29, 1.82) is 0 Å². The van der Waals surface area contributed by atoms with E-state index in [2.05, 4.69) is 5.32 Å². The van der Waals surface area contributed by atoms with Crippen LogP contribution in [0.25, 0.3) is 0 Å². The number of amides is 1. The quantitative estimate of drug-likeness (QED) is 0.926. The summed E-state index contributed by atoms with van der Waals surface area (Å²) in [6, 6.07) is 7.34. The highest BCUT2D eigenvalue weighted by atomic mass is 16.7. The molecule has 0 aromatic heterocycles. The Morgan fingerprint density at radius 2 is 1.81 bits per heavy atom. The first kappa shape index (κ1) is 14.4. The molecular weight excluding hydrogens is 270 g/mol. The summed E-state index contributed by atoms with van der Waals surface area (Å²) < 4.78 is 16.5. The molecule has 1 N–H and O–H groups in total. The van der Waals surface area contributed by atoms with Gasteiger partial charge in [-0.1, -0.05) is 0 Å². The zero-order chi connectivity index (χ0) is 14.7. The van der Waals surface area contributed by atoms with Gasteiger partial charge in [-0.2, -0.15) is 0 Å².